The minimum atomic E-state index is -0.670. The first-order valence-electron chi connectivity index (χ1n) is 12.1. The fourth-order valence-electron chi connectivity index (χ4n) is 4.02. The monoisotopic (exact) mass is 502 g/mol. The molecule has 1 amide bonds. The quantitative estimate of drug-likeness (QED) is 0.333. The molecule has 37 heavy (non-hydrogen) atoms. The van der Waals surface area contributed by atoms with E-state index >= 15 is 0 Å². The Bertz CT molecular complexity index is 1420. The van der Waals surface area contributed by atoms with E-state index in [1.54, 1.807) is 31.5 Å². The summed E-state index contributed by atoms with van der Waals surface area (Å²) in [6, 6.07) is 17.9. The summed E-state index contributed by atoms with van der Waals surface area (Å²) in [5.41, 5.74) is 7.33. The number of benzene rings is 2. The van der Waals surface area contributed by atoms with Gasteiger partial charge in [0.15, 0.2) is 0 Å². The SMILES string of the molecule is CCOC(Cc1ccc(OCC(C)n2nc(-c3ccccn3)c3cc(OC)ccc3c2=O)cc1)C(N)=O. The van der Waals surface area contributed by atoms with Gasteiger partial charge in [0.05, 0.1) is 24.2 Å². The molecule has 4 aromatic rings. The van der Waals surface area contributed by atoms with Crippen molar-refractivity contribution in [3.8, 4) is 22.9 Å². The number of hydrogen-bond acceptors (Lipinski definition) is 7. The number of methoxy groups -OCH3 is 1. The number of carbonyl (C=O) groups excluding carboxylic acids is 1. The van der Waals surface area contributed by atoms with Gasteiger partial charge in [0, 0.05) is 24.6 Å². The van der Waals surface area contributed by atoms with Gasteiger partial charge in [0.1, 0.15) is 29.9 Å². The second-order valence-electron chi connectivity index (χ2n) is 8.58. The Labute approximate surface area is 214 Å². The van der Waals surface area contributed by atoms with Crippen molar-refractivity contribution in [3.05, 3.63) is 82.8 Å². The number of rotatable bonds is 11. The van der Waals surface area contributed by atoms with E-state index in [0.717, 1.165) is 5.56 Å². The van der Waals surface area contributed by atoms with Crippen LogP contribution in [0.15, 0.2) is 71.7 Å². The number of hydrogen-bond donors (Lipinski definition) is 1. The fraction of sp³-hybridized carbons (Fsp3) is 0.286. The summed E-state index contributed by atoms with van der Waals surface area (Å²) in [4.78, 5) is 29.4. The molecule has 2 atom stereocenters. The molecule has 0 spiro atoms. The maximum Gasteiger partial charge on any atom is 0.275 e. The molecule has 9 nitrogen and oxygen atoms in total. The van der Waals surface area contributed by atoms with Crippen molar-refractivity contribution >= 4 is 16.7 Å². The zero-order valence-corrected chi connectivity index (χ0v) is 21.1. The van der Waals surface area contributed by atoms with Crippen LogP contribution in [0.2, 0.25) is 0 Å². The van der Waals surface area contributed by atoms with Crippen LogP contribution in [0.3, 0.4) is 0 Å². The summed E-state index contributed by atoms with van der Waals surface area (Å²) in [6.07, 6.45) is 1.40. The van der Waals surface area contributed by atoms with Gasteiger partial charge in [-0.05, 0) is 61.9 Å². The van der Waals surface area contributed by atoms with E-state index in [9.17, 15) is 9.59 Å². The second kappa shape index (κ2) is 11.7. The summed E-state index contributed by atoms with van der Waals surface area (Å²) in [5, 5.41) is 5.88. The van der Waals surface area contributed by atoms with Crippen LogP contribution < -0.4 is 20.8 Å². The Morgan fingerprint density at radius 1 is 1.05 bits per heavy atom. The van der Waals surface area contributed by atoms with E-state index in [1.807, 2.05) is 56.3 Å². The van der Waals surface area contributed by atoms with Gasteiger partial charge in [0.2, 0.25) is 5.91 Å². The first-order valence-corrected chi connectivity index (χ1v) is 12.1. The minimum absolute atomic E-state index is 0.221. The molecule has 2 heterocycles. The number of ether oxygens (including phenoxy) is 3. The highest BCUT2D eigenvalue weighted by atomic mass is 16.5. The van der Waals surface area contributed by atoms with E-state index in [0.29, 0.717) is 46.7 Å². The molecule has 0 bridgehead atoms. The van der Waals surface area contributed by atoms with Crippen molar-refractivity contribution in [2.24, 2.45) is 5.73 Å². The van der Waals surface area contributed by atoms with Gasteiger partial charge >= 0.3 is 0 Å². The number of fused-ring (bicyclic) bond motifs is 1. The van der Waals surface area contributed by atoms with E-state index in [-0.39, 0.29) is 18.2 Å². The Morgan fingerprint density at radius 3 is 2.46 bits per heavy atom. The summed E-state index contributed by atoms with van der Waals surface area (Å²) in [7, 11) is 1.58. The number of carbonyl (C=O) groups is 1. The van der Waals surface area contributed by atoms with Gasteiger partial charge in [-0.3, -0.25) is 14.6 Å². The lowest BCUT2D eigenvalue weighted by Crippen LogP contribution is -2.33. The molecule has 192 valence electrons. The van der Waals surface area contributed by atoms with Gasteiger partial charge in [-0.1, -0.05) is 18.2 Å². The van der Waals surface area contributed by atoms with Crippen molar-refractivity contribution in [1.29, 1.82) is 0 Å². The van der Waals surface area contributed by atoms with E-state index < -0.39 is 12.0 Å². The highest BCUT2D eigenvalue weighted by molar-refractivity contribution is 5.93. The summed E-state index contributed by atoms with van der Waals surface area (Å²) in [5.74, 6) is 0.769. The highest BCUT2D eigenvalue weighted by Crippen LogP contribution is 2.27. The molecule has 0 saturated heterocycles. The molecule has 0 aliphatic heterocycles. The predicted octanol–water partition coefficient (Wildman–Crippen LogP) is 3.54. The molecule has 0 saturated carbocycles. The number of primary amides is 1. The van der Waals surface area contributed by atoms with Crippen molar-refractivity contribution in [2.75, 3.05) is 20.3 Å². The van der Waals surface area contributed by atoms with Crippen molar-refractivity contribution in [3.63, 3.8) is 0 Å². The van der Waals surface area contributed by atoms with Gasteiger partial charge < -0.3 is 19.9 Å². The zero-order valence-electron chi connectivity index (χ0n) is 21.1. The van der Waals surface area contributed by atoms with Gasteiger partial charge in [-0.25, -0.2) is 4.68 Å². The number of nitrogens with two attached hydrogens (primary N) is 1. The van der Waals surface area contributed by atoms with Crippen molar-refractivity contribution in [1.82, 2.24) is 14.8 Å². The molecule has 2 aromatic carbocycles. The number of aromatic nitrogens is 3. The van der Waals surface area contributed by atoms with Crippen LogP contribution in [0, 0.1) is 0 Å². The van der Waals surface area contributed by atoms with Crippen LogP contribution in [-0.4, -0.2) is 47.1 Å². The summed E-state index contributed by atoms with van der Waals surface area (Å²) >= 11 is 0. The molecule has 4 rings (SSSR count). The average molecular weight is 503 g/mol. The molecular formula is C28H30N4O5. The second-order valence-corrected chi connectivity index (χ2v) is 8.58. The maximum atomic E-state index is 13.4. The van der Waals surface area contributed by atoms with Crippen LogP contribution in [0.25, 0.3) is 22.2 Å². The van der Waals surface area contributed by atoms with E-state index in [1.165, 1.54) is 4.68 Å². The lowest BCUT2D eigenvalue weighted by atomic mass is 10.1. The van der Waals surface area contributed by atoms with Crippen LogP contribution in [0.1, 0.15) is 25.5 Å². The predicted molar refractivity (Wildman–Crippen MR) is 141 cm³/mol. The number of pyridine rings is 1. The van der Waals surface area contributed by atoms with Crippen LogP contribution >= 0.6 is 0 Å². The Balaban J connectivity index is 1.56. The van der Waals surface area contributed by atoms with Gasteiger partial charge in [-0.2, -0.15) is 5.10 Å². The topological polar surface area (TPSA) is 119 Å². The lowest BCUT2D eigenvalue weighted by Gasteiger charge is -2.18. The first kappa shape index (κ1) is 25.8. The first-order chi connectivity index (χ1) is 17.9. The smallest absolute Gasteiger partial charge is 0.275 e. The normalized spacial score (nSPS) is 12.7. The van der Waals surface area contributed by atoms with Gasteiger partial charge in [0.25, 0.3) is 5.56 Å². The maximum absolute atomic E-state index is 13.4. The minimum Gasteiger partial charge on any atom is -0.497 e. The van der Waals surface area contributed by atoms with Crippen LogP contribution in [0.5, 0.6) is 11.5 Å². The van der Waals surface area contributed by atoms with E-state index in [4.69, 9.17) is 19.9 Å². The third kappa shape index (κ3) is 5.95. The largest absolute Gasteiger partial charge is 0.497 e. The Kier molecular flexibility index (Phi) is 8.15. The summed E-state index contributed by atoms with van der Waals surface area (Å²) < 4.78 is 18.2. The molecule has 9 heteroatoms. The van der Waals surface area contributed by atoms with Crippen molar-refractivity contribution < 1.29 is 19.0 Å². The molecule has 0 aliphatic carbocycles. The molecule has 2 unspecified atom stereocenters. The summed E-state index contributed by atoms with van der Waals surface area (Å²) in [6.45, 7) is 4.32. The number of amides is 1. The lowest BCUT2D eigenvalue weighted by molar-refractivity contribution is -0.129. The van der Waals surface area contributed by atoms with Crippen LogP contribution in [0.4, 0.5) is 0 Å². The molecule has 0 fully saturated rings. The third-order valence-corrected chi connectivity index (χ3v) is 5.97. The Hall–Kier alpha value is -4.24. The highest BCUT2D eigenvalue weighted by Gasteiger charge is 2.19. The fourth-order valence-corrected chi connectivity index (χ4v) is 4.02. The molecular weight excluding hydrogens is 472 g/mol. The molecule has 2 N–H and O–H groups in total. The average Bonchev–Trinajstić information content (AvgIpc) is 2.92. The van der Waals surface area contributed by atoms with Crippen molar-refractivity contribution in [2.45, 2.75) is 32.4 Å². The molecule has 0 radical (unpaired) electrons. The molecule has 2 aromatic heterocycles. The number of nitrogens with zero attached hydrogens (tertiary/aromatic N) is 3. The third-order valence-electron chi connectivity index (χ3n) is 5.97. The van der Waals surface area contributed by atoms with Gasteiger partial charge in [-0.15, -0.1) is 0 Å². The Morgan fingerprint density at radius 2 is 1.81 bits per heavy atom. The molecule has 0 aliphatic rings. The zero-order chi connectivity index (χ0) is 26.4. The van der Waals surface area contributed by atoms with Crippen LogP contribution in [-0.2, 0) is 16.0 Å². The standard InChI is InChI=1S/C28H30N4O5/c1-4-36-25(27(29)33)15-19-8-10-20(11-9-19)37-17-18(2)32-28(34)22-13-12-21(35-3)16-23(22)26(31-32)24-7-5-6-14-30-24/h5-14,16,18,25H,4,15,17H2,1-3H3,(H2,29,33). The van der Waals surface area contributed by atoms with E-state index in [2.05, 4.69) is 10.1 Å².